The summed E-state index contributed by atoms with van der Waals surface area (Å²) in [5.41, 5.74) is 1.79. The van der Waals surface area contributed by atoms with E-state index in [2.05, 4.69) is 11.1 Å². The average Bonchev–Trinajstić information content (AvgIpc) is 2.38. The highest BCUT2D eigenvalue weighted by Crippen LogP contribution is 2.24. The Morgan fingerprint density at radius 1 is 1.22 bits per heavy atom. The lowest BCUT2D eigenvalue weighted by atomic mass is 10.0. The van der Waals surface area contributed by atoms with Gasteiger partial charge in [-0.1, -0.05) is 18.2 Å². The maximum absolute atomic E-state index is 11.5. The summed E-state index contributed by atoms with van der Waals surface area (Å²) in [6.45, 7) is 0. The summed E-state index contributed by atoms with van der Waals surface area (Å²) < 4.78 is 22.9. The summed E-state index contributed by atoms with van der Waals surface area (Å²) in [5.74, 6) is 0. The molecule has 1 aromatic heterocycles. The Labute approximate surface area is 105 Å². The molecule has 2 aromatic rings. The van der Waals surface area contributed by atoms with Gasteiger partial charge in [-0.25, -0.2) is 8.42 Å². The Balaban J connectivity index is 2.63. The van der Waals surface area contributed by atoms with Crippen molar-refractivity contribution in [3.63, 3.8) is 0 Å². The van der Waals surface area contributed by atoms with Crippen molar-refractivity contribution in [2.45, 2.75) is 4.90 Å². The lowest BCUT2D eigenvalue weighted by molar-refractivity contribution is 0.601. The molecule has 0 fully saturated rings. The smallest absolute Gasteiger partial charge is 0.177 e. The molecule has 0 aliphatic carbocycles. The van der Waals surface area contributed by atoms with E-state index in [1.165, 1.54) is 12.3 Å². The summed E-state index contributed by atoms with van der Waals surface area (Å²) in [4.78, 5) is 4.06. The maximum Gasteiger partial charge on any atom is 0.177 e. The van der Waals surface area contributed by atoms with Crippen LogP contribution in [0.1, 0.15) is 5.56 Å². The second-order valence-corrected chi connectivity index (χ2v) is 5.85. The van der Waals surface area contributed by atoms with E-state index in [0.717, 1.165) is 6.26 Å². The second kappa shape index (κ2) is 4.59. The molecule has 0 saturated heterocycles. The van der Waals surface area contributed by atoms with Crippen LogP contribution in [0.3, 0.4) is 0 Å². The van der Waals surface area contributed by atoms with Crippen LogP contribution < -0.4 is 0 Å². The van der Waals surface area contributed by atoms with Gasteiger partial charge in [0.1, 0.15) is 0 Å². The minimum Gasteiger partial charge on any atom is -0.263 e. The predicted octanol–water partition coefficient (Wildman–Crippen LogP) is 2.02. The van der Waals surface area contributed by atoms with Crippen LogP contribution in [-0.4, -0.2) is 19.7 Å². The molecule has 2 rings (SSSR count). The van der Waals surface area contributed by atoms with Gasteiger partial charge in [-0.3, -0.25) is 4.98 Å². The quantitative estimate of drug-likeness (QED) is 0.826. The first-order valence-electron chi connectivity index (χ1n) is 5.17. The van der Waals surface area contributed by atoms with Crippen molar-refractivity contribution in [3.05, 3.63) is 48.3 Å². The van der Waals surface area contributed by atoms with Crippen LogP contribution in [0.5, 0.6) is 0 Å². The Morgan fingerprint density at radius 3 is 2.61 bits per heavy atom. The Hall–Kier alpha value is -2.19. The number of hydrogen-bond acceptors (Lipinski definition) is 4. The van der Waals surface area contributed by atoms with E-state index < -0.39 is 9.84 Å². The molecule has 0 saturated carbocycles. The number of nitrogens with zero attached hydrogens (tertiary/aromatic N) is 2. The molecule has 0 atom stereocenters. The molecule has 5 heteroatoms. The molecule has 0 bridgehead atoms. The lowest BCUT2D eigenvalue weighted by Gasteiger charge is -2.05. The van der Waals surface area contributed by atoms with Gasteiger partial charge in [0.05, 0.1) is 16.5 Å². The van der Waals surface area contributed by atoms with Crippen molar-refractivity contribution in [2.75, 3.05) is 6.26 Å². The minimum absolute atomic E-state index is 0.146. The SMILES string of the molecule is CS(=O)(=O)c1cncc(-c2ccccc2C#N)c1. The summed E-state index contributed by atoms with van der Waals surface area (Å²) in [6.07, 6.45) is 3.97. The maximum atomic E-state index is 11.5. The molecule has 0 aliphatic heterocycles. The molecular formula is C13H10N2O2S. The number of aromatic nitrogens is 1. The van der Waals surface area contributed by atoms with Crippen LogP contribution in [0.4, 0.5) is 0 Å². The molecule has 0 radical (unpaired) electrons. The number of nitriles is 1. The van der Waals surface area contributed by atoms with Gasteiger partial charge < -0.3 is 0 Å². The standard InChI is InChI=1S/C13H10N2O2S/c1-18(16,17)12-6-11(8-15-9-12)13-5-3-2-4-10(13)7-14/h2-6,8-9H,1H3. The largest absolute Gasteiger partial charge is 0.263 e. The number of pyridine rings is 1. The van der Waals surface area contributed by atoms with Crippen molar-refractivity contribution in [1.29, 1.82) is 5.26 Å². The molecule has 18 heavy (non-hydrogen) atoms. The molecule has 0 spiro atoms. The third kappa shape index (κ3) is 2.39. The van der Waals surface area contributed by atoms with Gasteiger partial charge in [-0.05, 0) is 12.1 Å². The lowest BCUT2D eigenvalue weighted by Crippen LogP contribution is -1.98. The Morgan fingerprint density at radius 2 is 1.94 bits per heavy atom. The van der Waals surface area contributed by atoms with E-state index in [4.69, 9.17) is 5.26 Å². The summed E-state index contributed by atoms with van der Waals surface area (Å²) in [6, 6.07) is 10.6. The number of benzene rings is 1. The third-order valence-electron chi connectivity index (χ3n) is 2.50. The van der Waals surface area contributed by atoms with E-state index >= 15 is 0 Å². The molecule has 4 nitrogen and oxygen atoms in total. The van der Waals surface area contributed by atoms with Crippen LogP contribution in [0.25, 0.3) is 11.1 Å². The number of rotatable bonds is 2. The van der Waals surface area contributed by atoms with Gasteiger partial charge in [-0.2, -0.15) is 5.26 Å². The molecule has 90 valence electrons. The fourth-order valence-electron chi connectivity index (χ4n) is 1.60. The Bertz CT molecular complexity index is 731. The van der Waals surface area contributed by atoms with Crippen molar-refractivity contribution in [3.8, 4) is 17.2 Å². The number of sulfone groups is 1. The molecular weight excluding hydrogens is 248 g/mol. The zero-order chi connectivity index (χ0) is 13.2. The van der Waals surface area contributed by atoms with Crippen molar-refractivity contribution < 1.29 is 8.42 Å². The van der Waals surface area contributed by atoms with Crippen LogP contribution in [0, 0.1) is 11.3 Å². The highest BCUT2D eigenvalue weighted by molar-refractivity contribution is 7.90. The fraction of sp³-hybridized carbons (Fsp3) is 0.0769. The molecule has 0 unspecified atom stereocenters. The summed E-state index contributed by atoms with van der Waals surface area (Å²) >= 11 is 0. The van der Waals surface area contributed by atoms with Crippen molar-refractivity contribution >= 4 is 9.84 Å². The second-order valence-electron chi connectivity index (χ2n) is 3.84. The first-order chi connectivity index (χ1) is 8.52. The normalized spacial score (nSPS) is 10.9. The zero-order valence-corrected chi connectivity index (χ0v) is 10.5. The monoisotopic (exact) mass is 258 g/mol. The van der Waals surface area contributed by atoms with Gasteiger partial charge in [0.15, 0.2) is 9.84 Å². The molecule has 0 amide bonds. The topological polar surface area (TPSA) is 70.8 Å². The first-order valence-corrected chi connectivity index (χ1v) is 7.06. The highest BCUT2D eigenvalue weighted by atomic mass is 32.2. The van der Waals surface area contributed by atoms with E-state index in [1.807, 2.05) is 0 Å². The third-order valence-corrected chi connectivity index (χ3v) is 3.58. The van der Waals surface area contributed by atoms with Crippen LogP contribution in [0.15, 0.2) is 47.6 Å². The predicted molar refractivity (Wildman–Crippen MR) is 67.5 cm³/mol. The Kier molecular flexibility index (Phi) is 3.13. The first kappa shape index (κ1) is 12.3. The minimum atomic E-state index is -3.30. The van der Waals surface area contributed by atoms with E-state index in [1.54, 1.807) is 30.5 Å². The molecule has 1 heterocycles. The van der Waals surface area contributed by atoms with Gasteiger partial charge in [0.25, 0.3) is 0 Å². The van der Waals surface area contributed by atoms with E-state index in [-0.39, 0.29) is 4.90 Å². The van der Waals surface area contributed by atoms with Gasteiger partial charge in [-0.15, -0.1) is 0 Å². The van der Waals surface area contributed by atoms with Gasteiger partial charge >= 0.3 is 0 Å². The molecule has 0 aliphatic rings. The summed E-state index contributed by atoms with van der Waals surface area (Å²) in [5, 5.41) is 9.02. The average molecular weight is 258 g/mol. The van der Waals surface area contributed by atoms with Crippen LogP contribution in [0.2, 0.25) is 0 Å². The van der Waals surface area contributed by atoms with Gasteiger partial charge in [0, 0.05) is 29.8 Å². The van der Waals surface area contributed by atoms with Crippen molar-refractivity contribution in [1.82, 2.24) is 4.98 Å². The van der Waals surface area contributed by atoms with Crippen molar-refractivity contribution in [2.24, 2.45) is 0 Å². The van der Waals surface area contributed by atoms with E-state index in [0.29, 0.717) is 16.7 Å². The number of hydrogen-bond donors (Lipinski definition) is 0. The highest BCUT2D eigenvalue weighted by Gasteiger charge is 2.10. The van der Waals surface area contributed by atoms with Gasteiger partial charge in [0.2, 0.25) is 0 Å². The molecule has 0 N–H and O–H groups in total. The zero-order valence-electron chi connectivity index (χ0n) is 9.66. The van der Waals surface area contributed by atoms with E-state index in [9.17, 15) is 8.42 Å². The summed E-state index contributed by atoms with van der Waals surface area (Å²) in [7, 11) is -3.30. The van der Waals surface area contributed by atoms with Crippen LogP contribution in [-0.2, 0) is 9.84 Å². The fourth-order valence-corrected chi connectivity index (χ4v) is 2.19. The molecule has 1 aromatic carbocycles. The van der Waals surface area contributed by atoms with Crippen LogP contribution >= 0.6 is 0 Å².